The quantitative estimate of drug-likeness (QED) is 0.549. The molecular formula is C21H21BrN2OS. The second-order valence-corrected chi connectivity index (χ2v) is 8.99. The zero-order chi connectivity index (χ0) is 18.7. The molecule has 1 heterocycles. The van der Waals surface area contributed by atoms with Crippen LogP contribution < -0.4 is 5.32 Å². The van der Waals surface area contributed by atoms with Gasteiger partial charge in [0.25, 0.3) is 0 Å². The summed E-state index contributed by atoms with van der Waals surface area (Å²) < 4.78 is 1.00. The largest absolute Gasteiger partial charge is 0.302 e. The average Bonchev–Trinajstić information content (AvgIpc) is 3.04. The van der Waals surface area contributed by atoms with Crippen molar-refractivity contribution < 1.29 is 4.79 Å². The number of thiazole rings is 1. The van der Waals surface area contributed by atoms with Gasteiger partial charge in [0, 0.05) is 15.4 Å². The molecule has 3 aromatic rings. The Labute approximate surface area is 166 Å². The third-order valence-corrected chi connectivity index (χ3v) is 5.36. The van der Waals surface area contributed by atoms with E-state index in [1.165, 1.54) is 16.9 Å². The number of halogens is 1. The Morgan fingerprint density at radius 1 is 1.08 bits per heavy atom. The fraction of sp³-hybridized carbons (Fsp3) is 0.238. The van der Waals surface area contributed by atoms with E-state index in [0.717, 1.165) is 21.3 Å². The summed E-state index contributed by atoms with van der Waals surface area (Å²) in [6.45, 7) is 6.59. The number of rotatable bonds is 4. The summed E-state index contributed by atoms with van der Waals surface area (Å²) in [5.41, 5.74) is 4.34. The molecule has 0 aliphatic carbocycles. The first-order chi connectivity index (χ1) is 12.3. The van der Waals surface area contributed by atoms with E-state index in [0.29, 0.717) is 11.6 Å². The van der Waals surface area contributed by atoms with Crippen LogP contribution in [0.25, 0.3) is 11.3 Å². The smallest absolute Gasteiger partial charge is 0.230 e. The lowest BCUT2D eigenvalue weighted by atomic mass is 9.86. The van der Waals surface area contributed by atoms with Crippen LogP contribution in [0, 0.1) is 0 Å². The molecular weight excluding hydrogens is 408 g/mol. The molecule has 0 fully saturated rings. The molecule has 0 spiro atoms. The minimum absolute atomic E-state index is 0.0590. The zero-order valence-electron chi connectivity index (χ0n) is 15.0. The number of aromatic nitrogens is 1. The third-order valence-electron chi connectivity index (χ3n) is 4.08. The van der Waals surface area contributed by atoms with E-state index in [-0.39, 0.29) is 11.3 Å². The number of hydrogen-bond acceptors (Lipinski definition) is 3. The van der Waals surface area contributed by atoms with E-state index in [4.69, 9.17) is 0 Å². The number of benzene rings is 2. The van der Waals surface area contributed by atoms with Gasteiger partial charge >= 0.3 is 0 Å². The van der Waals surface area contributed by atoms with Crippen molar-refractivity contribution in [3.8, 4) is 11.3 Å². The molecule has 0 unspecified atom stereocenters. The van der Waals surface area contributed by atoms with Crippen molar-refractivity contribution in [1.29, 1.82) is 0 Å². The third kappa shape index (κ3) is 4.80. The molecule has 3 rings (SSSR count). The lowest BCUT2D eigenvalue weighted by Crippen LogP contribution is -2.14. The van der Waals surface area contributed by atoms with Gasteiger partial charge in [-0.25, -0.2) is 4.98 Å². The zero-order valence-corrected chi connectivity index (χ0v) is 17.4. The normalized spacial score (nSPS) is 11.4. The minimum atomic E-state index is -0.0590. The van der Waals surface area contributed by atoms with Crippen molar-refractivity contribution in [1.82, 2.24) is 4.98 Å². The number of amides is 1. The van der Waals surface area contributed by atoms with E-state index in [2.05, 4.69) is 71.3 Å². The first-order valence-corrected chi connectivity index (χ1v) is 10.1. The molecule has 0 aliphatic rings. The van der Waals surface area contributed by atoms with Crippen molar-refractivity contribution in [2.24, 2.45) is 0 Å². The highest BCUT2D eigenvalue weighted by Crippen LogP contribution is 2.28. The van der Waals surface area contributed by atoms with Crippen LogP contribution in [-0.2, 0) is 16.6 Å². The van der Waals surface area contributed by atoms with Gasteiger partial charge in [0.05, 0.1) is 12.1 Å². The molecule has 0 saturated heterocycles. The summed E-state index contributed by atoms with van der Waals surface area (Å²) in [5, 5.41) is 5.49. The summed E-state index contributed by atoms with van der Waals surface area (Å²) >= 11 is 4.84. The maximum atomic E-state index is 12.2. The van der Waals surface area contributed by atoms with Crippen molar-refractivity contribution in [3.63, 3.8) is 0 Å². The highest BCUT2D eigenvalue weighted by atomic mass is 79.9. The van der Waals surface area contributed by atoms with E-state index in [1.54, 1.807) is 0 Å². The summed E-state index contributed by atoms with van der Waals surface area (Å²) in [5.74, 6) is -0.0590. The van der Waals surface area contributed by atoms with Gasteiger partial charge in [-0.1, -0.05) is 73.1 Å². The first-order valence-electron chi connectivity index (χ1n) is 8.42. The molecule has 0 bridgehead atoms. The van der Waals surface area contributed by atoms with Crippen LogP contribution in [0.4, 0.5) is 5.13 Å². The highest BCUT2D eigenvalue weighted by Gasteiger charge is 2.14. The topological polar surface area (TPSA) is 42.0 Å². The molecule has 0 atom stereocenters. The maximum absolute atomic E-state index is 12.2. The molecule has 3 nitrogen and oxygen atoms in total. The molecule has 1 N–H and O–H groups in total. The van der Waals surface area contributed by atoms with E-state index < -0.39 is 0 Å². The van der Waals surface area contributed by atoms with Gasteiger partial charge in [-0.3, -0.25) is 4.79 Å². The SMILES string of the molecule is CC(C)(C)c1ccc(-c2csc(NC(=O)Cc3ccc(Br)cc3)n2)cc1. The van der Waals surface area contributed by atoms with E-state index >= 15 is 0 Å². The number of carbonyl (C=O) groups is 1. The Hall–Kier alpha value is -1.98. The van der Waals surface area contributed by atoms with E-state index in [9.17, 15) is 4.79 Å². The van der Waals surface area contributed by atoms with Crippen molar-refractivity contribution >= 4 is 38.3 Å². The van der Waals surface area contributed by atoms with Crippen LogP contribution in [0.2, 0.25) is 0 Å². The molecule has 1 amide bonds. The summed E-state index contributed by atoms with van der Waals surface area (Å²) in [4.78, 5) is 16.8. The Morgan fingerprint density at radius 3 is 2.35 bits per heavy atom. The highest BCUT2D eigenvalue weighted by molar-refractivity contribution is 9.10. The fourth-order valence-corrected chi connectivity index (χ4v) is 3.56. The molecule has 5 heteroatoms. The van der Waals surface area contributed by atoms with Gasteiger partial charge in [0.2, 0.25) is 5.91 Å². The van der Waals surface area contributed by atoms with Crippen LogP contribution in [-0.4, -0.2) is 10.9 Å². The monoisotopic (exact) mass is 428 g/mol. The van der Waals surface area contributed by atoms with Crippen molar-refractivity contribution in [2.75, 3.05) is 5.32 Å². The molecule has 26 heavy (non-hydrogen) atoms. The minimum Gasteiger partial charge on any atom is -0.302 e. The molecule has 134 valence electrons. The second-order valence-electron chi connectivity index (χ2n) is 7.22. The number of nitrogens with zero attached hydrogens (tertiary/aromatic N) is 1. The maximum Gasteiger partial charge on any atom is 0.230 e. The predicted molar refractivity (Wildman–Crippen MR) is 113 cm³/mol. The van der Waals surface area contributed by atoms with Crippen LogP contribution in [0.15, 0.2) is 58.4 Å². The first kappa shape index (κ1) is 18.8. The van der Waals surface area contributed by atoms with Crippen molar-refractivity contribution in [3.05, 3.63) is 69.5 Å². The van der Waals surface area contributed by atoms with Crippen molar-refractivity contribution in [2.45, 2.75) is 32.6 Å². The van der Waals surface area contributed by atoms with Crippen LogP contribution in [0.3, 0.4) is 0 Å². The van der Waals surface area contributed by atoms with Crippen LogP contribution in [0.1, 0.15) is 31.9 Å². The van der Waals surface area contributed by atoms with Gasteiger partial charge in [0.15, 0.2) is 5.13 Å². The van der Waals surface area contributed by atoms with Gasteiger partial charge in [-0.2, -0.15) is 0 Å². The number of hydrogen-bond donors (Lipinski definition) is 1. The lowest BCUT2D eigenvalue weighted by molar-refractivity contribution is -0.115. The van der Waals surface area contributed by atoms with Gasteiger partial charge in [-0.05, 0) is 28.7 Å². The Balaban J connectivity index is 1.66. The number of nitrogens with one attached hydrogen (secondary N) is 1. The van der Waals surface area contributed by atoms with Gasteiger partial charge in [0.1, 0.15) is 0 Å². The fourth-order valence-electron chi connectivity index (χ4n) is 2.56. The van der Waals surface area contributed by atoms with Gasteiger partial charge in [-0.15, -0.1) is 11.3 Å². The Bertz CT molecular complexity index is 893. The summed E-state index contributed by atoms with van der Waals surface area (Å²) in [6, 6.07) is 16.2. The molecule has 0 aliphatic heterocycles. The average molecular weight is 429 g/mol. The Kier molecular flexibility index (Phi) is 5.58. The van der Waals surface area contributed by atoms with E-state index in [1.807, 2.05) is 29.6 Å². The molecule has 1 aromatic heterocycles. The Morgan fingerprint density at radius 2 is 1.73 bits per heavy atom. The number of carbonyl (C=O) groups excluding carboxylic acids is 1. The molecule has 2 aromatic carbocycles. The second kappa shape index (κ2) is 7.72. The lowest BCUT2D eigenvalue weighted by Gasteiger charge is -2.18. The van der Waals surface area contributed by atoms with Crippen LogP contribution >= 0.6 is 27.3 Å². The van der Waals surface area contributed by atoms with Crippen LogP contribution in [0.5, 0.6) is 0 Å². The summed E-state index contributed by atoms with van der Waals surface area (Å²) in [7, 11) is 0. The summed E-state index contributed by atoms with van der Waals surface area (Å²) in [6.07, 6.45) is 0.336. The number of anilines is 1. The predicted octanol–water partition coefficient (Wildman–Crippen LogP) is 6.05. The molecule has 0 radical (unpaired) electrons. The molecule has 0 saturated carbocycles. The van der Waals surface area contributed by atoms with Gasteiger partial charge < -0.3 is 5.32 Å². The standard InChI is InChI=1S/C21H21BrN2OS/c1-21(2,3)16-8-6-15(7-9-16)18-13-26-20(23-18)24-19(25)12-14-4-10-17(22)11-5-14/h4-11,13H,12H2,1-3H3,(H,23,24,25).